The SMILES string of the molecule is CCOCCOCCOCCOCCOCCOCCOCCOCCOC(=O)CNCCOC(=O)CNCCOC. The fourth-order valence-corrected chi connectivity index (χ4v) is 2.79. The van der Waals surface area contributed by atoms with Gasteiger partial charge in [0, 0.05) is 26.8 Å². The van der Waals surface area contributed by atoms with Gasteiger partial charge in [-0.05, 0) is 6.92 Å². The second-order valence-electron chi connectivity index (χ2n) is 8.27. The van der Waals surface area contributed by atoms with Gasteiger partial charge in [0.1, 0.15) is 13.2 Å². The smallest absolute Gasteiger partial charge is 0.320 e. The van der Waals surface area contributed by atoms with Crippen molar-refractivity contribution in [2.75, 3.05) is 159 Å². The minimum Gasteiger partial charge on any atom is -0.463 e. The Morgan fingerprint density at radius 2 is 0.738 bits per heavy atom. The number of methoxy groups -OCH3 is 1. The summed E-state index contributed by atoms with van der Waals surface area (Å²) in [5.41, 5.74) is 0. The molecule has 0 saturated heterocycles. The molecule has 15 heteroatoms. The molecule has 15 nitrogen and oxygen atoms in total. The van der Waals surface area contributed by atoms with Crippen LogP contribution >= 0.6 is 0 Å². The molecular formula is C27H54N2O13. The number of carbonyl (C=O) groups is 2. The fraction of sp³-hybridized carbons (Fsp3) is 0.926. The lowest BCUT2D eigenvalue weighted by molar-refractivity contribution is -0.144. The summed E-state index contributed by atoms with van der Waals surface area (Å²) in [5.74, 6) is -0.773. The highest BCUT2D eigenvalue weighted by Gasteiger charge is 2.04. The molecule has 0 heterocycles. The first-order valence-electron chi connectivity index (χ1n) is 14.5. The van der Waals surface area contributed by atoms with Gasteiger partial charge in [0.15, 0.2) is 0 Å². The Morgan fingerprint density at radius 3 is 1.10 bits per heavy atom. The van der Waals surface area contributed by atoms with Crippen molar-refractivity contribution in [2.24, 2.45) is 0 Å². The Balaban J connectivity index is 3.17. The first-order chi connectivity index (χ1) is 20.7. The molecule has 0 radical (unpaired) electrons. The van der Waals surface area contributed by atoms with Gasteiger partial charge in [-0.25, -0.2) is 0 Å². The van der Waals surface area contributed by atoms with Gasteiger partial charge >= 0.3 is 11.9 Å². The number of esters is 2. The zero-order chi connectivity index (χ0) is 30.6. The zero-order valence-electron chi connectivity index (χ0n) is 25.6. The highest BCUT2D eigenvalue weighted by molar-refractivity contribution is 5.72. The van der Waals surface area contributed by atoms with Crippen LogP contribution in [0.25, 0.3) is 0 Å². The Bertz CT molecular complexity index is 576. The second kappa shape index (κ2) is 35.7. The molecular weight excluding hydrogens is 560 g/mol. The Hall–Kier alpha value is -1.50. The molecule has 0 saturated carbocycles. The van der Waals surface area contributed by atoms with Gasteiger partial charge in [-0.1, -0.05) is 0 Å². The molecule has 2 N–H and O–H groups in total. The van der Waals surface area contributed by atoms with E-state index >= 15 is 0 Å². The molecule has 0 unspecified atom stereocenters. The monoisotopic (exact) mass is 614 g/mol. The second-order valence-corrected chi connectivity index (χ2v) is 8.27. The van der Waals surface area contributed by atoms with Gasteiger partial charge in [0.05, 0.1) is 119 Å². The maximum absolute atomic E-state index is 11.6. The molecule has 0 aromatic heterocycles. The lowest BCUT2D eigenvalue weighted by Crippen LogP contribution is -2.31. The quantitative estimate of drug-likeness (QED) is 0.0664. The number of rotatable bonds is 35. The van der Waals surface area contributed by atoms with E-state index in [1.54, 1.807) is 7.11 Å². The van der Waals surface area contributed by atoms with Crippen LogP contribution < -0.4 is 10.6 Å². The summed E-state index contributed by atoms with van der Waals surface area (Å²) in [6, 6.07) is 0. The summed E-state index contributed by atoms with van der Waals surface area (Å²) in [7, 11) is 1.59. The number of carbonyl (C=O) groups excluding carboxylic acids is 2. The Morgan fingerprint density at radius 1 is 0.429 bits per heavy atom. The highest BCUT2D eigenvalue weighted by Crippen LogP contribution is 1.86. The lowest BCUT2D eigenvalue weighted by Gasteiger charge is -2.09. The predicted molar refractivity (Wildman–Crippen MR) is 152 cm³/mol. The van der Waals surface area contributed by atoms with Gasteiger partial charge in [0.25, 0.3) is 0 Å². The standard InChI is InChI=1S/C27H54N2O13/c1-3-33-8-9-34-10-11-35-12-13-36-14-15-37-16-17-38-18-19-39-20-21-40-22-23-42-27(31)25-29-5-7-41-26(30)24-28-4-6-32-2/h28-29H,3-25H2,1-2H3. The summed E-state index contributed by atoms with van der Waals surface area (Å²) >= 11 is 0. The number of nitrogens with one attached hydrogen (secondary N) is 2. The van der Waals surface area contributed by atoms with Crippen LogP contribution in [0, 0.1) is 0 Å². The van der Waals surface area contributed by atoms with E-state index in [1.165, 1.54) is 0 Å². The summed E-state index contributed by atoms with van der Waals surface area (Å²) < 4.78 is 57.9. The third-order valence-corrected chi connectivity index (χ3v) is 4.86. The molecule has 0 amide bonds. The number of hydrogen-bond acceptors (Lipinski definition) is 15. The molecule has 0 aromatic rings. The van der Waals surface area contributed by atoms with Crippen LogP contribution in [0.1, 0.15) is 6.92 Å². The van der Waals surface area contributed by atoms with Crippen molar-refractivity contribution < 1.29 is 61.7 Å². The van der Waals surface area contributed by atoms with Crippen molar-refractivity contribution in [3.63, 3.8) is 0 Å². The number of hydrogen-bond donors (Lipinski definition) is 2. The Kier molecular flexibility index (Phi) is 34.4. The van der Waals surface area contributed by atoms with Gasteiger partial charge in [-0.15, -0.1) is 0 Å². The Labute approximate surface area is 250 Å². The first kappa shape index (κ1) is 40.5. The summed E-state index contributed by atoms with van der Waals surface area (Å²) in [5, 5.41) is 5.73. The van der Waals surface area contributed by atoms with Gasteiger partial charge in [0.2, 0.25) is 0 Å². The van der Waals surface area contributed by atoms with Gasteiger partial charge < -0.3 is 62.7 Å². The molecule has 0 aliphatic rings. The molecule has 0 spiro atoms. The minimum absolute atomic E-state index is 0.0220. The van der Waals surface area contributed by atoms with Crippen molar-refractivity contribution in [1.29, 1.82) is 0 Å². The molecule has 0 fully saturated rings. The summed E-state index contributed by atoms with van der Waals surface area (Å²) in [4.78, 5) is 23.1. The van der Waals surface area contributed by atoms with Crippen LogP contribution in [0.3, 0.4) is 0 Å². The average Bonchev–Trinajstić information content (AvgIpc) is 2.99. The third-order valence-electron chi connectivity index (χ3n) is 4.86. The summed E-state index contributed by atoms with van der Waals surface area (Å²) in [6.07, 6.45) is 0. The van der Waals surface area contributed by atoms with Crippen LogP contribution in [0.4, 0.5) is 0 Å². The molecule has 42 heavy (non-hydrogen) atoms. The van der Waals surface area contributed by atoms with E-state index in [9.17, 15) is 9.59 Å². The van der Waals surface area contributed by atoms with Gasteiger partial charge in [-0.3, -0.25) is 9.59 Å². The molecule has 0 aliphatic heterocycles. The van der Waals surface area contributed by atoms with Crippen LogP contribution in [-0.2, 0) is 61.7 Å². The molecule has 0 atom stereocenters. The van der Waals surface area contributed by atoms with Crippen molar-refractivity contribution >= 4 is 11.9 Å². The minimum atomic E-state index is -0.410. The highest BCUT2D eigenvalue weighted by atomic mass is 16.6. The van der Waals surface area contributed by atoms with Crippen LogP contribution in [0.2, 0.25) is 0 Å². The maximum atomic E-state index is 11.6. The van der Waals surface area contributed by atoms with Crippen molar-refractivity contribution in [2.45, 2.75) is 6.92 Å². The topological polar surface area (TPSA) is 160 Å². The molecule has 0 bridgehead atoms. The van der Waals surface area contributed by atoms with E-state index < -0.39 is 5.97 Å². The van der Waals surface area contributed by atoms with E-state index in [4.69, 9.17) is 52.1 Å². The van der Waals surface area contributed by atoms with Crippen LogP contribution in [0.15, 0.2) is 0 Å². The molecule has 0 rings (SSSR count). The predicted octanol–water partition coefficient (Wildman–Crippen LogP) is -0.949. The largest absolute Gasteiger partial charge is 0.463 e. The van der Waals surface area contributed by atoms with E-state index in [0.29, 0.717) is 119 Å². The zero-order valence-corrected chi connectivity index (χ0v) is 25.6. The maximum Gasteiger partial charge on any atom is 0.320 e. The van der Waals surface area contributed by atoms with E-state index in [1.807, 2.05) is 6.92 Å². The third kappa shape index (κ3) is 34.7. The van der Waals surface area contributed by atoms with Crippen molar-refractivity contribution in [1.82, 2.24) is 10.6 Å². The normalized spacial score (nSPS) is 11.2. The van der Waals surface area contributed by atoms with Crippen molar-refractivity contribution in [3.8, 4) is 0 Å². The summed E-state index contributed by atoms with van der Waals surface area (Å²) in [6.45, 7) is 11.8. The van der Waals surface area contributed by atoms with Crippen LogP contribution in [-0.4, -0.2) is 171 Å². The molecule has 0 aliphatic carbocycles. The van der Waals surface area contributed by atoms with Gasteiger partial charge in [-0.2, -0.15) is 0 Å². The molecule has 250 valence electrons. The fourth-order valence-electron chi connectivity index (χ4n) is 2.79. The average molecular weight is 615 g/mol. The van der Waals surface area contributed by atoms with Crippen molar-refractivity contribution in [3.05, 3.63) is 0 Å². The first-order valence-corrected chi connectivity index (χ1v) is 14.5. The number of ether oxygens (including phenoxy) is 11. The van der Waals surface area contributed by atoms with Crippen LogP contribution in [0.5, 0.6) is 0 Å². The molecule has 0 aromatic carbocycles. The van der Waals surface area contributed by atoms with E-state index in [2.05, 4.69) is 10.6 Å². The lowest BCUT2D eigenvalue weighted by atomic mass is 10.5. The van der Waals surface area contributed by atoms with E-state index in [0.717, 1.165) is 0 Å². The van der Waals surface area contributed by atoms with E-state index in [-0.39, 0.29) is 38.9 Å².